The van der Waals surface area contributed by atoms with E-state index in [1.165, 1.54) is 32.1 Å². The average Bonchev–Trinajstić information content (AvgIpc) is 2.47. The lowest BCUT2D eigenvalue weighted by molar-refractivity contribution is -0.121. The molecule has 0 bridgehead atoms. The summed E-state index contributed by atoms with van der Waals surface area (Å²) in [5.41, 5.74) is 3.56. The Bertz CT molecular complexity index is 387. The Morgan fingerprint density at radius 1 is 1.05 bits per heavy atom. The van der Waals surface area contributed by atoms with Crippen molar-refractivity contribution in [2.75, 3.05) is 0 Å². The van der Waals surface area contributed by atoms with E-state index in [0.717, 1.165) is 18.4 Å². The molecule has 3 heteroatoms. The van der Waals surface area contributed by atoms with Crippen molar-refractivity contribution in [1.82, 2.24) is 5.43 Å². The number of hydrazone groups is 1. The van der Waals surface area contributed by atoms with Gasteiger partial charge in [-0.2, -0.15) is 5.10 Å². The van der Waals surface area contributed by atoms with Crippen LogP contribution in [0.25, 0.3) is 0 Å². The lowest BCUT2D eigenvalue weighted by Crippen LogP contribution is -2.16. The van der Waals surface area contributed by atoms with E-state index < -0.39 is 0 Å². The standard InChI is InChI=1S/C17H26N2O/c1-2-3-4-5-6-7-11-14-17(20)19-18-15-16-12-9-8-10-13-16/h8-10,12-13,15H,2-7,11,14H2,1H3,(H,19,20)/b18-15-. The first-order valence-electron chi connectivity index (χ1n) is 7.70. The highest BCUT2D eigenvalue weighted by atomic mass is 16.2. The summed E-state index contributed by atoms with van der Waals surface area (Å²) >= 11 is 0. The summed E-state index contributed by atoms with van der Waals surface area (Å²) in [5, 5.41) is 3.96. The molecular formula is C17H26N2O. The molecule has 110 valence electrons. The van der Waals surface area contributed by atoms with Crippen LogP contribution in [0.2, 0.25) is 0 Å². The summed E-state index contributed by atoms with van der Waals surface area (Å²) in [5.74, 6) is 0.00531. The van der Waals surface area contributed by atoms with Gasteiger partial charge in [-0.1, -0.05) is 75.8 Å². The third-order valence-electron chi connectivity index (χ3n) is 3.21. The van der Waals surface area contributed by atoms with Crippen molar-refractivity contribution in [3.05, 3.63) is 35.9 Å². The third kappa shape index (κ3) is 8.46. The van der Waals surface area contributed by atoms with Gasteiger partial charge < -0.3 is 0 Å². The minimum absolute atomic E-state index is 0.00531. The average molecular weight is 274 g/mol. The van der Waals surface area contributed by atoms with E-state index in [1.54, 1.807) is 6.21 Å². The molecule has 3 nitrogen and oxygen atoms in total. The smallest absolute Gasteiger partial charge is 0.240 e. The zero-order valence-electron chi connectivity index (χ0n) is 12.5. The van der Waals surface area contributed by atoms with Gasteiger partial charge >= 0.3 is 0 Å². The molecule has 0 aliphatic carbocycles. The first-order valence-corrected chi connectivity index (χ1v) is 7.70. The van der Waals surface area contributed by atoms with Crippen molar-refractivity contribution in [2.45, 2.75) is 58.3 Å². The Morgan fingerprint density at radius 2 is 1.70 bits per heavy atom. The summed E-state index contributed by atoms with van der Waals surface area (Å²) in [7, 11) is 0. The van der Waals surface area contributed by atoms with Crippen LogP contribution < -0.4 is 5.43 Å². The number of unbranched alkanes of at least 4 members (excludes halogenated alkanes) is 6. The second-order valence-electron chi connectivity index (χ2n) is 5.08. The molecule has 0 aromatic heterocycles. The third-order valence-corrected chi connectivity index (χ3v) is 3.21. The van der Waals surface area contributed by atoms with Crippen molar-refractivity contribution in [3.63, 3.8) is 0 Å². The highest BCUT2D eigenvalue weighted by Gasteiger charge is 1.99. The highest BCUT2D eigenvalue weighted by Crippen LogP contribution is 2.08. The summed E-state index contributed by atoms with van der Waals surface area (Å²) in [6.07, 6.45) is 10.8. The molecular weight excluding hydrogens is 248 g/mol. The Balaban J connectivity index is 2.02. The molecule has 0 aliphatic heterocycles. The van der Waals surface area contributed by atoms with Gasteiger partial charge in [0.05, 0.1) is 6.21 Å². The van der Waals surface area contributed by atoms with Crippen molar-refractivity contribution in [3.8, 4) is 0 Å². The maximum absolute atomic E-state index is 11.5. The largest absolute Gasteiger partial charge is 0.273 e. The molecule has 0 unspecified atom stereocenters. The molecule has 0 atom stereocenters. The molecule has 1 amide bonds. The van der Waals surface area contributed by atoms with Crippen LogP contribution in [0.4, 0.5) is 0 Å². The van der Waals surface area contributed by atoms with Gasteiger partial charge in [0.15, 0.2) is 0 Å². The SMILES string of the molecule is CCCCCCCCCC(=O)N/N=C\c1ccccc1. The van der Waals surface area contributed by atoms with E-state index >= 15 is 0 Å². The van der Waals surface area contributed by atoms with Crippen molar-refractivity contribution in [2.24, 2.45) is 5.10 Å². The van der Waals surface area contributed by atoms with Crippen LogP contribution in [0.3, 0.4) is 0 Å². The van der Waals surface area contributed by atoms with Crippen LogP contribution in [-0.2, 0) is 4.79 Å². The number of nitrogens with one attached hydrogen (secondary N) is 1. The second-order valence-corrected chi connectivity index (χ2v) is 5.08. The Morgan fingerprint density at radius 3 is 2.40 bits per heavy atom. The van der Waals surface area contributed by atoms with Gasteiger partial charge in [-0.3, -0.25) is 4.79 Å². The van der Waals surface area contributed by atoms with Gasteiger partial charge in [0, 0.05) is 6.42 Å². The number of carbonyl (C=O) groups is 1. The fourth-order valence-electron chi connectivity index (χ4n) is 2.02. The highest BCUT2D eigenvalue weighted by molar-refractivity contribution is 5.82. The van der Waals surface area contributed by atoms with E-state index in [-0.39, 0.29) is 5.91 Å². The zero-order valence-corrected chi connectivity index (χ0v) is 12.5. The minimum Gasteiger partial charge on any atom is -0.273 e. The van der Waals surface area contributed by atoms with Crippen molar-refractivity contribution >= 4 is 12.1 Å². The molecule has 0 spiro atoms. The molecule has 0 radical (unpaired) electrons. The normalized spacial score (nSPS) is 10.8. The molecule has 1 aromatic rings. The topological polar surface area (TPSA) is 41.5 Å². The first-order chi connectivity index (χ1) is 9.83. The lowest BCUT2D eigenvalue weighted by atomic mass is 10.1. The molecule has 20 heavy (non-hydrogen) atoms. The second kappa shape index (κ2) is 11.2. The summed E-state index contributed by atoms with van der Waals surface area (Å²) in [6.45, 7) is 2.22. The number of rotatable bonds is 10. The van der Waals surface area contributed by atoms with Crippen LogP contribution in [0.1, 0.15) is 63.9 Å². The van der Waals surface area contributed by atoms with E-state index in [4.69, 9.17) is 0 Å². The van der Waals surface area contributed by atoms with Gasteiger partial charge in [-0.05, 0) is 12.0 Å². The fourth-order valence-corrected chi connectivity index (χ4v) is 2.02. The predicted molar refractivity (Wildman–Crippen MR) is 84.8 cm³/mol. The van der Waals surface area contributed by atoms with E-state index in [0.29, 0.717) is 6.42 Å². The van der Waals surface area contributed by atoms with Gasteiger partial charge in [-0.15, -0.1) is 0 Å². The molecule has 0 saturated heterocycles. The quantitative estimate of drug-likeness (QED) is 0.386. The van der Waals surface area contributed by atoms with Crippen molar-refractivity contribution in [1.29, 1.82) is 0 Å². The number of carbonyl (C=O) groups excluding carboxylic acids is 1. The molecule has 1 N–H and O–H groups in total. The lowest BCUT2D eigenvalue weighted by Gasteiger charge is -2.01. The molecule has 0 aliphatic rings. The number of benzene rings is 1. The van der Waals surface area contributed by atoms with Crippen LogP contribution in [-0.4, -0.2) is 12.1 Å². The molecule has 1 aromatic carbocycles. The van der Waals surface area contributed by atoms with Crippen LogP contribution in [0.5, 0.6) is 0 Å². The summed E-state index contributed by atoms with van der Waals surface area (Å²) in [4.78, 5) is 11.5. The maximum Gasteiger partial charge on any atom is 0.240 e. The summed E-state index contributed by atoms with van der Waals surface area (Å²) in [6, 6.07) is 9.75. The number of nitrogens with zero attached hydrogens (tertiary/aromatic N) is 1. The molecule has 0 saturated carbocycles. The van der Waals surface area contributed by atoms with Gasteiger partial charge in [0.1, 0.15) is 0 Å². The van der Waals surface area contributed by atoms with E-state index in [1.807, 2.05) is 30.3 Å². The fraction of sp³-hybridized carbons (Fsp3) is 0.529. The number of hydrogen-bond donors (Lipinski definition) is 1. The Labute approximate surface area is 122 Å². The first kappa shape index (κ1) is 16.4. The predicted octanol–water partition coefficient (Wildman–Crippen LogP) is 4.28. The van der Waals surface area contributed by atoms with Gasteiger partial charge in [0.2, 0.25) is 5.91 Å². The van der Waals surface area contributed by atoms with Crippen molar-refractivity contribution < 1.29 is 4.79 Å². The monoisotopic (exact) mass is 274 g/mol. The van der Waals surface area contributed by atoms with E-state index in [2.05, 4.69) is 17.5 Å². The van der Waals surface area contributed by atoms with E-state index in [9.17, 15) is 4.79 Å². The maximum atomic E-state index is 11.5. The zero-order chi connectivity index (χ0) is 14.5. The number of hydrogen-bond acceptors (Lipinski definition) is 2. The molecule has 0 fully saturated rings. The van der Waals surface area contributed by atoms with Crippen LogP contribution >= 0.6 is 0 Å². The molecule has 0 heterocycles. The van der Waals surface area contributed by atoms with Crippen LogP contribution in [0, 0.1) is 0 Å². The Kier molecular flexibility index (Phi) is 9.20. The van der Waals surface area contributed by atoms with Gasteiger partial charge in [-0.25, -0.2) is 5.43 Å². The van der Waals surface area contributed by atoms with Gasteiger partial charge in [0.25, 0.3) is 0 Å². The summed E-state index contributed by atoms with van der Waals surface area (Å²) < 4.78 is 0. The minimum atomic E-state index is 0.00531. The molecule has 1 rings (SSSR count). The van der Waals surface area contributed by atoms with Crippen LogP contribution in [0.15, 0.2) is 35.4 Å². The Hall–Kier alpha value is -1.64. The number of amides is 1.